The summed E-state index contributed by atoms with van der Waals surface area (Å²) in [5.74, 6) is 0.590. The van der Waals surface area contributed by atoms with Gasteiger partial charge >= 0.3 is 0 Å². The summed E-state index contributed by atoms with van der Waals surface area (Å²) in [7, 11) is 0. The molecule has 8 nitrogen and oxygen atoms in total. The molecular weight excluding hydrogens is 502 g/mol. The van der Waals surface area contributed by atoms with E-state index in [-0.39, 0.29) is 24.3 Å². The second-order valence-corrected chi connectivity index (χ2v) is 10.4. The Morgan fingerprint density at radius 1 is 1.18 bits per heavy atom. The minimum atomic E-state index is -0.667. The van der Waals surface area contributed by atoms with Gasteiger partial charge in [0.1, 0.15) is 6.33 Å². The maximum absolute atomic E-state index is 14.2. The first kappa shape index (κ1) is 27.5. The number of aryl methyl sites for hydroxylation is 1. The van der Waals surface area contributed by atoms with Crippen molar-refractivity contribution in [2.24, 2.45) is 0 Å². The molecule has 0 amide bonds. The predicted octanol–water partition coefficient (Wildman–Crippen LogP) is 5.02. The maximum atomic E-state index is 14.2. The Hall–Kier alpha value is -4.06. The Morgan fingerprint density at radius 3 is 2.62 bits per heavy atom. The number of nitriles is 1. The van der Waals surface area contributed by atoms with E-state index in [0.717, 1.165) is 66.5 Å². The van der Waals surface area contributed by atoms with E-state index >= 15 is 0 Å². The average Bonchev–Trinajstić information content (AvgIpc) is 3.48. The second kappa shape index (κ2) is 12.4. The van der Waals surface area contributed by atoms with Gasteiger partial charge in [0.05, 0.1) is 36.1 Å². The number of rotatable bonds is 10. The first-order chi connectivity index (χ1) is 19.5. The van der Waals surface area contributed by atoms with Crippen LogP contribution >= 0.6 is 0 Å². The molecule has 8 heteroatoms. The molecule has 0 saturated heterocycles. The summed E-state index contributed by atoms with van der Waals surface area (Å²) in [5, 5.41) is 23.8. The van der Waals surface area contributed by atoms with E-state index in [1.807, 2.05) is 57.6 Å². The second-order valence-electron chi connectivity index (χ2n) is 10.4. The minimum absolute atomic E-state index is 0.00247. The molecule has 1 aliphatic rings. The van der Waals surface area contributed by atoms with Crippen LogP contribution in [0.3, 0.4) is 0 Å². The maximum Gasteiger partial charge on any atom is 0.259 e. The average molecular weight is 538 g/mol. The van der Waals surface area contributed by atoms with Crippen LogP contribution in [-0.2, 0) is 17.6 Å². The van der Waals surface area contributed by atoms with E-state index < -0.39 is 6.10 Å². The summed E-state index contributed by atoms with van der Waals surface area (Å²) in [6.07, 6.45) is 7.68. The highest BCUT2D eigenvalue weighted by atomic mass is 16.5. The van der Waals surface area contributed by atoms with Gasteiger partial charge in [-0.25, -0.2) is 4.52 Å². The highest BCUT2D eigenvalue weighted by molar-refractivity contribution is 5.70. The van der Waals surface area contributed by atoms with Crippen LogP contribution in [0, 0.1) is 11.3 Å². The molecular formula is C32H35N5O3. The molecule has 1 fully saturated rings. The normalized spacial score (nSPS) is 17.9. The number of nitrogens with zero attached hydrogens (tertiary/aromatic N) is 5. The van der Waals surface area contributed by atoms with Crippen LogP contribution in [0.25, 0.3) is 16.9 Å². The number of aliphatic hydroxyl groups excluding tert-OH is 1. The van der Waals surface area contributed by atoms with Crippen LogP contribution in [0.2, 0.25) is 0 Å². The topological polar surface area (TPSA) is 105 Å². The summed E-state index contributed by atoms with van der Waals surface area (Å²) >= 11 is 0. The Labute approximate surface area is 234 Å². The molecule has 40 heavy (non-hydrogen) atoms. The largest absolute Gasteiger partial charge is 0.387 e. The zero-order chi connectivity index (χ0) is 28.1. The lowest BCUT2D eigenvalue weighted by molar-refractivity contribution is -0.0158. The number of hydrogen-bond donors (Lipinski definition) is 1. The third-order valence-electron chi connectivity index (χ3n) is 7.79. The smallest absolute Gasteiger partial charge is 0.259 e. The lowest BCUT2D eigenvalue weighted by Gasteiger charge is -2.31. The fourth-order valence-corrected chi connectivity index (χ4v) is 5.69. The molecule has 1 atom stereocenters. The van der Waals surface area contributed by atoms with Gasteiger partial charge in [0.25, 0.3) is 5.56 Å². The van der Waals surface area contributed by atoms with Crippen LogP contribution in [0.5, 0.6) is 0 Å². The molecule has 2 aromatic carbocycles. The molecule has 1 unspecified atom stereocenters. The van der Waals surface area contributed by atoms with Crippen molar-refractivity contribution in [1.82, 2.24) is 19.2 Å². The van der Waals surface area contributed by atoms with E-state index in [0.29, 0.717) is 17.8 Å². The summed E-state index contributed by atoms with van der Waals surface area (Å²) in [5.41, 5.74) is 5.18. The number of ether oxygens (including phenoxy) is 1. The summed E-state index contributed by atoms with van der Waals surface area (Å²) in [6.45, 7) is 5.94. The molecule has 1 saturated carbocycles. The van der Waals surface area contributed by atoms with Crippen LogP contribution in [0.4, 0.5) is 0 Å². The Morgan fingerprint density at radius 2 is 1.93 bits per heavy atom. The van der Waals surface area contributed by atoms with Crippen molar-refractivity contribution >= 4 is 5.78 Å². The van der Waals surface area contributed by atoms with Crippen LogP contribution < -0.4 is 5.56 Å². The van der Waals surface area contributed by atoms with Gasteiger partial charge in [-0.2, -0.15) is 15.3 Å². The van der Waals surface area contributed by atoms with Gasteiger partial charge in [0.15, 0.2) is 0 Å². The van der Waals surface area contributed by atoms with Crippen LogP contribution in [0.15, 0.2) is 72.3 Å². The Bertz CT molecular complexity index is 1570. The van der Waals surface area contributed by atoms with Crippen molar-refractivity contribution in [2.75, 3.05) is 6.61 Å². The zero-order valence-corrected chi connectivity index (χ0v) is 22.9. The number of aromatic nitrogens is 4. The molecule has 0 aliphatic heterocycles. The summed E-state index contributed by atoms with van der Waals surface area (Å²) < 4.78 is 9.56. The molecule has 5 rings (SSSR count). The number of benzene rings is 2. The van der Waals surface area contributed by atoms with Crippen molar-refractivity contribution < 1.29 is 9.84 Å². The lowest BCUT2D eigenvalue weighted by Crippen LogP contribution is -2.35. The third kappa shape index (κ3) is 5.62. The quantitative estimate of drug-likeness (QED) is 0.285. The van der Waals surface area contributed by atoms with Gasteiger partial charge in [-0.05, 0) is 54.9 Å². The first-order valence-corrected chi connectivity index (χ1v) is 14.0. The molecule has 2 heterocycles. The van der Waals surface area contributed by atoms with E-state index in [2.05, 4.69) is 29.7 Å². The Kier molecular flexibility index (Phi) is 8.54. The van der Waals surface area contributed by atoms with Gasteiger partial charge in [0.2, 0.25) is 5.78 Å². The molecule has 1 N–H and O–H groups in total. The number of hydrogen-bond acceptors (Lipinski definition) is 6. The highest BCUT2D eigenvalue weighted by Gasteiger charge is 2.28. The van der Waals surface area contributed by atoms with Crippen LogP contribution in [-0.4, -0.2) is 43.1 Å². The van der Waals surface area contributed by atoms with E-state index in [1.54, 1.807) is 0 Å². The van der Waals surface area contributed by atoms with Gasteiger partial charge in [-0.3, -0.25) is 9.36 Å². The third-order valence-corrected chi connectivity index (χ3v) is 7.79. The first-order valence-electron chi connectivity index (χ1n) is 14.0. The van der Waals surface area contributed by atoms with Crippen molar-refractivity contribution in [1.29, 1.82) is 5.26 Å². The molecule has 206 valence electrons. The molecule has 1 aliphatic carbocycles. The number of fused-ring (bicyclic) bond motifs is 1. The minimum Gasteiger partial charge on any atom is -0.387 e. The predicted molar refractivity (Wildman–Crippen MR) is 154 cm³/mol. The lowest BCUT2D eigenvalue weighted by atomic mass is 9.92. The zero-order valence-electron chi connectivity index (χ0n) is 22.9. The van der Waals surface area contributed by atoms with Gasteiger partial charge < -0.3 is 9.84 Å². The molecule has 2 aromatic heterocycles. The van der Waals surface area contributed by atoms with E-state index in [1.165, 1.54) is 12.4 Å². The fraction of sp³-hybridized carbons (Fsp3) is 0.375. The SMILES string of the molecule is C=CC(O)CO[C@H]1CC[C@H](n2c(=O)c(Cc3ccc(-c4ccccc4C#N)cc3)c(CCC)n3ncnc32)CC1. The standard InChI is InChI=1S/C32H35N5O3/c1-3-7-30-29(18-22-10-12-23(13-11-22)28-9-6-5-8-24(28)19-33)31(39)36(32-34-21-35-37(30)32)25-14-16-27(17-15-25)40-20-26(38)4-2/h4-6,8-13,21,25-27,38H,2-3,7,14-18,20H2,1H3/t25-,26?,27-. The Balaban J connectivity index is 1.45. The van der Waals surface area contributed by atoms with Crippen molar-refractivity contribution in [3.05, 3.63) is 100 Å². The van der Waals surface area contributed by atoms with Crippen molar-refractivity contribution in [3.8, 4) is 17.2 Å². The van der Waals surface area contributed by atoms with Gasteiger partial charge in [-0.15, -0.1) is 6.58 Å². The molecule has 0 spiro atoms. The van der Waals surface area contributed by atoms with E-state index in [9.17, 15) is 15.2 Å². The number of aliphatic hydroxyl groups is 1. The fourth-order valence-electron chi connectivity index (χ4n) is 5.69. The molecule has 4 aromatic rings. The van der Waals surface area contributed by atoms with Crippen molar-refractivity contribution in [2.45, 2.75) is 70.1 Å². The monoisotopic (exact) mass is 537 g/mol. The van der Waals surface area contributed by atoms with Gasteiger partial charge in [-0.1, -0.05) is 61.9 Å². The summed E-state index contributed by atoms with van der Waals surface area (Å²) in [6, 6.07) is 17.9. The van der Waals surface area contributed by atoms with E-state index in [4.69, 9.17) is 4.74 Å². The van der Waals surface area contributed by atoms with Gasteiger partial charge in [0, 0.05) is 18.0 Å². The highest BCUT2D eigenvalue weighted by Crippen LogP contribution is 2.31. The summed E-state index contributed by atoms with van der Waals surface area (Å²) in [4.78, 5) is 18.7. The molecule has 0 bridgehead atoms. The van der Waals surface area contributed by atoms with Crippen LogP contribution in [0.1, 0.15) is 67.5 Å². The molecule has 0 radical (unpaired) electrons. The van der Waals surface area contributed by atoms with Crippen molar-refractivity contribution in [3.63, 3.8) is 0 Å².